The summed E-state index contributed by atoms with van der Waals surface area (Å²) >= 11 is 0. The van der Waals surface area contributed by atoms with E-state index in [1.807, 2.05) is 0 Å². The molecule has 20 heavy (non-hydrogen) atoms. The molecule has 0 bridgehead atoms. The van der Waals surface area contributed by atoms with E-state index in [2.05, 4.69) is 26.1 Å². The van der Waals surface area contributed by atoms with Crippen LogP contribution in [0.4, 0.5) is 0 Å². The van der Waals surface area contributed by atoms with Gasteiger partial charge in [-0.15, -0.1) is 0 Å². The number of carbonyl (C=O) groups excluding carboxylic acids is 1. The minimum absolute atomic E-state index is 0.0243. The highest BCUT2D eigenvalue weighted by molar-refractivity contribution is 8.13. The molecule has 1 rings (SSSR count). The molecule has 1 amide bonds. The van der Waals surface area contributed by atoms with Gasteiger partial charge in [0, 0.05) is 22.8 Å². The SMILES string of the molecule is Cc1ccc(C(=O)NCC(C)C(C)C)cc1S(=O)(=O)Cl. The molecule has 0 aromatic heterocycles. The summed E-state index contributed by atoms with van der Waals surface area (Å²) in [5.41, 5.74) is 0.817. The van der Waals surface area contributed by atoms with E-state index in [-0.39, 0.29) is 10.8 Å². The maximum Gasteiger partial charge on any atom is 0.261 e. The number of halogens is 1. The van der Waals surface area contributed by atoms with E-state index >= 15 is 0 Å². The summed E-state index contributed by atoms with van der Waals surface area (Å²) in [5.74, 6) is 0.520. The molecule has 4 nitrogen and oxygen atoms in total. The van der Waals surface area contributed by atoms with E-state index in [1.165, 1.54) is 6.07 Å². The molecule has 1 aromatic rings. The summed E-state index contributed by atoms with van der Waals surface area (Å²) in [4.78, 5) is 12.0. The van der Waals surface area contributed by atoms with Gasteiger partial charge in [0.05, 0.1) is 4.90 Å². The van der Waals surface area contributed by atoms with Crippen LogP contribution < -0.4 is 5.32 Å². The Hall–Kier alpha value is -1.07. The van der Waals surface area contributed by atoms with Crippen LogP contribution in [0, 0.1) is 18.8 Å². The first-order valence-electron chi connectivity index (χ1n) is 6.46. The van der Waals surface area contributed by atoms with E-state index in [9.17, 15) is 13.2 Å². The van der Waals surface area contributed by atoms with Gasteiger partial charge in [0.1, 0.15) is 0 Å². The van der Waals surface area contributed by atoms with Crippen molar-refractivity contribution < 1.29 is 13.2 Å². The van der Waals surface area contributed by atoms with Crippen LogP contribution in [-0.4, -0.2) is 20.9 Å². The molecule has 0 saturated heterocycles. The highest BCUT2D eigenvalue weighted by Crippen LogP contribution is 2.21. The number of rotatable bonds is 5. The molecule has 1 N–H and O–H groups in total. The predicted molar refractivity (Wildman–Crippen MR) is 80.6 cm³/mol. The Labute approximate surface area is 124 Å². The van der Waals surface area contributed by atoms with Gasteiger partial charge in [0.15, 0.2) is 0 Å². The van der Waals surface area contributed by atoms with E-state index in [1.54, 1.807) is 19.1 Å². The molecule has 1 atom stereocenters. The number of aryl methyl sites for hydroxylation is 1. The highest BCUT2D eigenvalue weighted by atomic mass is 35.7. The summed E-state index contributed by atoms with van der Waals surface area (Å²) in [7, 11) is 1.51. The number of benzene rings is 1. The molecular weight excluding hydrogens is 298 g/mol. The van der Waals surface area contributed by atoms with E-state index in [0.29, 0.717) is 29.5 Å². The van der Waals surface area contributed by atoms with Crippen molar-refractivity contribution in [1.82, 2.24) is 5.32 Å². The standard InChI is InChI=1S/C14H20ClNO3S/c1-9(2)11(4)8-16-14(17)12-6-5-10(3)13(7-12)20(15,18)19/h5-7,9,11H,8H2,1-4H3,(H,16,17). The quantitative estimate of drug-likeness (QED) is 0.849. The number of amides is 1. The number of hydrogen-bond donors (Lipinski definition) is 1. The van der Waals surface area contributed by atoms with Crippen molar-refractivity contribution in [3.63, 3.8) is 0 Å². The second kappa shape index (κ2) is 6.59. The average molecular weight is 318 g/mol. The first-order chi connectivity index (χ1) is 9.12. The van der Waals surface area contributed by atoms with Gasteiger partial charge < -0.3 is 5.32 Å². The van der Waals surface area contributed by atoms with Gasteiger partial charge in [0.2, 0.25) is 0 Å². The maximum atomic E-state index is 12.0. The Morgan fingerprint density at radius 3 is 2.40 bits per heavy atom. The van der Waals surface area contributed by atoms with Crippen LogP contribution in [0.1, 0.15) is 36.7 Å². The highest BCUT2D eigenvalue weighted by Gasteiger charge is 2.17. The van der Waals surface area contributed by atoms with Crippen LogP contribution in [0.15, 0.2) is 23.1 Å². The van der Waals surface area contributed by atoms with Gasteiger partial charge in [0.25, 0.3) is 15.0 Å². The van der Waals surface area contributed by atoms with Gasteiger partial charge in [-0.2, -0.15) is 0 Å². The van der Waals surface area contributed by atoms with Crippen LogP contribution in [0.2, 0.25) is 0 Å². The fourth-order valence-electron chi connectivity index (χ4n) is 1.60. The minimum atomic E-state index is -3.84. The first kappa shape index (κ1) is 17.0. The Morgan fingerprint density at radius 2 is 1.90 bits per heavy atom. The van der Waals surface area contributed by atoms with Crippen LogP contribution in [0.5, 0.6) is 0 Å². The lowest BCUT2D eigenvalue weighted by Crippen LogP contribution is -2.30. The topological polar surface area (TPSA) is 63.2 Å². The fourth-order valence-corrected chi connectivity index (χ4v) is 2.81. The molecule has 0 aliphatic heterocycles. The molecule has 0 aliphatic rings. The normalized spacial score (nSPS) is 13.3. The predicted octanol–water partition coefficient (Wildman–Crippen LogP) is 2.94. The summed E-state index contributed by atoms with van der Waals surface area (Å²) in [6.07, 6.45) is 0. The number of nitrogens with one attached hydrogen (secondary N) is 1. The summed E-state index contributed by atoms with van der Waals surface area (Å²) in [6.45, 7) is 8.40. The molecule has 1 unspecified atom stereocenters. The smallest absolute Gasteiger partial charge is 0.261 e. The zero-order valence-electron chi connectivity index (χ0n) is 12.1. The van der Waals surface area contributed by atoms with E-state index in [0.717, 1.165) is 0 Å². The van der Waals surface area contributed by atoms with E-state index < -0.39 is 9.05 Å². The lowest BCUT2D eigenvalue weighted by molar-refractivity contribution is 0.0944. The van der Waals surface area contributed by atoms with Gasteiger partial charge in [-0.3, -0.25) is 4.79 Å². The third-order valence-electron chi connectivity index (χ3n) is 3.44. The zero-order chi connectivity index (χ0) is 15.5. The van der Waals surface area contributed by atoms with Gasteiger partial charge >= 0.3 is 0 Å². The van der Waals surface area contributed by atoms with Crippen molar-refractivity contribution in [1.29, 1.82) is 0 Å². The minimum Gasteiger partial charge on any atom is -0.352 e. The molecule has 6 heteroatoms. The summed E-state index contributed by atoms with van der Waals surface area (Å²) in [6, 6.07) is 4.49. The van der Waals surface area contributed by atoms with Crippen molar-refractivity contribution in [2.75, 3.05) is 6.54 Å². The number of hydrogen-bond acceptors (Lipinski definition) is 3. The van der Waals surface area contributed by atoms with Gasteiger partial charge in [-0.25, -0.2) is 8.42 Å². The lowest BCUT2D eigenvalue weighted by Gasteiger charge is -2.16. The maximum absolute atomic E-state index is 12.0. The third-order valence-corrected chi connectivity index (χ3v) is 4.90. The van der Waals surface area contributed by atoms with Gasteiger partial charge in [-0.05, 0) is 36.5 Å². The molecule has 112 valence electrons. The molecule has 0 saturated carbocycles. The molecule has 0 heterocycles. The van der Waals surface area contributed by atoms with Crippen molar-refractivity contribution in [2.45, 2.75) is 32.6 Å². The summed E-state index contributed by atoms with van der Waals surface area (Å²) in [5, 5.41) is 2.80. The van der Waals surface area contributed by atoms with Gasteiger partial charge in [-0.1, -0.05) is 26.8 Å². The Morgan fingerprint density at radius 1 is 1.30 bits per heavy atom. The zero-order valence-corrected chi connectivity index (χ0v) is 13.7. The second-order valence-corrected chi connectivity index (χ2v) is 7.88. The average Bonchev–Trinajstić information content (AvgIpc) is 2.34. The van der Waals surface area contributed by atoms with E-state index in [4.69, 9.17) is 10.7 Å². The monoisotopic (exact) mass is 317 g/mol. The largest absolute Gasteiger partial charge is 0.352 e. The van der Waals surface area contributed by atoms with Crippen molar-refractivity contribution in [2.24, 2.45) is 11.8 Å². The Kier molecular flexibility index (Phi) is 5.59. The lowest BCUT2D eigenvalue weighted by atomic mass is 9.98. The Balaban J connectivity index is 2.90. The van der Waals surface area contributed by atoms with Crippen LogP contribution in [0.25, 0.3) is 0 Å². The third kappa shape index (κ3) is 4.49. The van der Waals surface area contributed by atoms with Crippen molar-refractivity contribution >= 4 is 25.6 Å². The van der Waals surface area contributed by atoms with Crippen LogP contribution in [0.3, 0.4) is 0 Å². The molecular formula is C14H20ClNO3S. The van der Waals surface area contributed by atoms with Crippen LogP contribution >= 0.6 is 10.7 Å². The molecule has 1 aromatic carbocycles. The molecule has 0 fully saturated rings. The van der Waals surface area contributed by atoms with Crippen molar-refractivity contribution in [3.05, 3.63) is 29.3 Å². The van der Waals surface area contributed by atoms with Crippen molar-refractivity contribution in [3.8, 4) is 0 Å². The summed E-state index contributed by atoms with van der Waals surface area (Å²) < 4.78 is 22.8. The molecule has 0 aliphatic carbocycles. The molecule has 0 spiro atoms. The first-order valence-corrected chi connectivity index (χ1v) is 8.77. The second-order valence-electron chi connectivity index (χ2n) is 5.35. The van der Waals surface area contributed by atoms with Crippen LogP contribution in [-0.2, 0) is 9.05 Å². The Bertz CT molecular complexity index is 596. The fraction of sp³-hybridized carbons (Fsp3) is 0.500. The molecule has 0 radical (unpaired) electrons. The number of carbonyl (C=O) groups is 1.